The molecule has 102 valence electrons. The Balaban J connectivity index is 2.48. The van der Waals surface area contributed by atoms with Gasteiger partial charge in [0.05, 0.1) is 17.1 Å². The van der Waals surface area contributed by atoms with Crippen LogP contribution in [0.1, 0.15) is 39.1 Å². The lowest BCUT2D eigenvalue weighted by Gasteiger charge is -2.17. The second-order valence-electron chi connectivity index (χ2n) is 5.09. The quantitative estimate of drug-likeness (QED) is 0.811. The molecule has 2 rings (SSSR count). The summed E-state index contributed by atoms with van der Waals surface area (Å²) < 4.78 is 2.23. The third-order valence-electron chi connectivity index (χ3n) is 3.58. The van der Waals surface area contributed by atoms with E-state index in [1.54, 1.807) is 0 Å². The summed E-state index contributed by atoms with van der Waals surface area (Å²) in [5.41, 5.74) is 2.12. The number of benzene rings is 1. The van der Waals surface area contributed by atoms with Gasteiger partial charge in [0.1, 0.15) is 5.82 Å². The second kappa shape index (κ2) is 5.87. The Bertz CT molecular complexity index is 562. The molecule has 2 atom stereocenters. The van der Waals surface area contributed by atoms with E-state index in [2.05, 4.69) is 34.8 Å². The molecule has 1 heterocycles. The molecule has 0 fully saturated rings. The van der Waals surface area contributed by atoms with Gasteiger partial charge >= 0.3 is 0 Å². The number of nitrogens with one attached hydrogen (secondary N) is 1. The zero-order valence-corrected chi connectivity index (χ0v) is 11.8. The minimum Gasteiger partial charge on any atom is -0.349 e. The van der Waals surface area contributed by atoms with Crippen LogP contribution in [0.15, 0.2) is 24.3 Å². The standard InChI is InChI=1S/C15H21N3O/c1-4-11(2)9-18-14-8-6-5-7-13(14)17-15(18)12(3)16-10-19/h5-8,10-12H,4,9H2,1-3H3,(H,16,19). The van der Waals surface area contributed by atoms with Gasteiger partial charge < -0.3 is 9.88 Å². The highest BCUT2D eigenvalue weighted by atomic mass is 16.1. The van der Waals surface area contributed by atoms with Crippen LogP contribution in [0.25, 0.3) is 11.0 Å². The van der Waals surface area contributed by atoms with Crippen molar-refractivity contribution in [3.05, 3.63) is 30.1 Å². The van der Waals surface area contributed by atoms with E-state index in [-0.39, 0.29) is 6.04 Å². The molecule has 1 aromatic carbocycles. The molecule has 0 saturated carbocycles. The van der Waals surface area contributed by atoms with E-state index < -0.39 is 0 Å². The number of fused-ring (bicyclic) bond motifs is 1. The summed E-state index contributed by atoms with van der Waals surface area (Å²) in [5, 5.41) is 2.79. The number of para-hydroxylation sites is 2. The molecular formula is C15H21N3O. The molecule has 0 bridgehead atoms. The molecule has 1 amide bonds. The SMILES string of the molecule is CCC(C)Cn1c(C(C)NC=O)nc2ccccc21. The summed E-state index contributed by atoms with van der Waals surface area (Å²) in [4.78, 5) is 15.3. The van der Waals surface area contributed by atoms with Crippen LogP contribution in [0.2, 0.25) is 0 Å². The lowest BCUT2D eigenvalue weighted by atomic mass is 10.1. The Hall–Kier alpha value is -1.84. The molecule has 2 unspecified atom stereocenters. The van der Waals surface area contributed by atoms with Crippen LogP contribution in [-0.2, 0) is 11.3 Å². The number of hydrogen-bond acceptors (Lipinski definition) is 2. The van der Waals surface area contributed by atoms with Crippen LogP contribution in [0, 0.1) is 5.92 Å². The van der Waals surface area contributed by atoms with Crippen molar-refractivity contribution in [3.63, 3.8) is 0 Å². The summed E-state index contributed by atoms with van der Waals surface area (Å²) >= 11 is 0. The number of nitrogens with zero attached hydrogens (tertiary/aromatic N) is 2. The average Bonchev–Trinajstić information content (AvgIpc) is 2.78. The largest absolute Gasteiger partial charge is 0.349 e. The molecule has 0 aliphatic rings. The van der Waals surface area contributed by atoms with Crippen molar-refractivity contribution in [3.8, 4) is 0 Å². The van der Waals surface area contributed by atoms with Gasteiger partial charge in [-0.15, -0.1) is 0 Å². The number of aromatic nitrogens is 2. The molecule has 1 aromatic heterocycles. The number of amides is 1. The molecular weight excluding hydrogens is 238 g/mol. The maximum atomic E-state index is 10.6. The molecule has 4 heteroatoms. The van der Waals surface area contributed by atoms with Crippen molar-refractivity contribution in [1.82, 2.24) is 14.9 Å². The average molecular weight is 259 g/mol. The fraction of sp³-hybridized carbons (Fsp3) is 0.467. The first-order chi connectivity index (χ1) is 9.17. The molecule has 0 spiro atoms. The van der Waals surface area contributed by atoms with Crippen LogP contribution < -0.4 is 5.32 Å². The summed E-state index contributed by atoms with van der Waals surface area (Å²) in [6.07, 6.45) is 1.86. The number of hydrogen-bond donors (Lipinski definition) is 1. The topological polar surface area (TPSA) is 46.9 Å². The highest BCUT2D eigenvalue weighted by Crippen LogP contribution is 2.22. The number of carbonyl (C=O) groups excluding carboxylic acids is 1. The van der Waals surface area contributed by atoms with Crippen molar-refractivity contribution >= 4 is 17.4 Å². The molecule has 4 nitrogen and oxygen atoms in total. The fourth-order valence-electron chi connectivity index (χ4n) is 2.23. The smallest absolute Gasteiger partial charge is 0.207 e. The van der Waals surface area contributed by atoms with Crippen molar-refractivity contribution in [2.45, 2.75) is 39.8 Å². The van der Waals surface area contributed by atoms with Gasteiger partial charge in [0, 0.05) is 6.54 Å². The molecule has 0 saturated heterocycles. The summed E-state index contributed by atoms with van der Waals surface area (Å²) in [7, 11) is 0. The number of rotatable bonds is 6. The van der Waals surface area contributed by atoms with Crippen LogP contribution in [0.3, 0.4) is 0 Å². The maximum absolute atomic E-state index is 10.6. The normalized spacial score (nSPS) is 14.3. The van der Waals surface area contributed by atoms with Crippen LogP contribution in [0.5, 0.6) is 0 Å². The van der Waals surface area contributed by atoms with Gasteiger partial charge in [-0.2, -0.15) is 0 Å². The Morgan fingerprint density at radius 1 is 1.37 bits per heavy atom. The van der Waals surface area contributed by atoms with Crippen molar-refractivity contribution < 1.29 is 4.79 Å². The van der Waals surface area contributed by atoms with E-state index in [0.717, 1.165) is 36.2 Å². The highest BCUT2D eigenvalue weighted by molar-refractivity contribution is 5.76. The Kier molecular flexibility index (Phi) is 4.20. The minimum absolute atomic E-state index is 0.0750. The van der Waals surface area contributed by atoms with Crippen LogP contribution >= 0.6 is 0 Å². The first-order valence-corrected chi connectivity index (χ1v) is 6.82. The van der Waals surface area contributed by atoms with E-state index >= 15 is 0 Å². The molecule has 19 heavy (non-hydrogen) atoms. The van der Waals surface area contributed by atoms with Crippen molar-refractivity contribution in [1.29, 1.82) is 0 Å². The lowest BCUT2D eigenvalue weighted by molar-refractivity contribution is -0.110. The molecule has 1 N–H and O–H groups in total. The second-order valence-corrected chi connectivity index (χ2v) is 5.09. The number of carbonyl (C=O) groups is 1. The zero-order chi connectivity index (χ0) is 13.8. The predicted octanol–water partition coefficient (Wildman–Crippen LogP) is 2.89. The number of imidazole rings is 1. The third kappa shape index (κ3) is 2.78. The minimum atomic E-state index is -0.0750. The van der Waals surface area contributed by atoms with E-state index in [9.17, 15) is 4.79 Å². The maximum Gasteiger partial charge on any atom is 0.207 e. The van der Waals surface area contributed by atoms with Crippen molar-refractivity contribution in [2.24, 2.45) is 5.92 Å². The van der Waals surface area contributed by atoms with Gasteiger partial charge in [0.2, 0.25) is 6.41 Å². The van der Waals surface area contributed by atoms with Gasteiger partial charge in [0.25, 0.3) is 0 Å². The monoisotopic (exact) mass is 259 g/mol. The van der Waals surface area contributed by atoms with Gasteiger partial charge in [-0.25, -0.2) is 4.98 Å². The fourth-order valence-corrected chi connectivity index (χ4v) is 2.23. The zero-order valence-electron chi connectivity index (χ0n) is 11.8. The summed E-state index contributed by atoms with van der Waals surface area (Å²) in [6.45, 7) is 7.31. The van der Waals surface area contributed by atoms with Crippen molar-refractivity contribution in [2.75, 3.05) is 0 Å². The first kappa shape index (κ1) is 13.6. The Labute approximate surface area is 113 Å². The van der Waals surface area contributed by atoms with Gasteiger partial charge in [-0.05, 0) is 25.0 Å². The summed E-state index contributed by atoms with van der Waals surface area (Å²) in [6, 6.07) is 8.04. The highest BCUT2D eigenvalue weighted by Gasteiger charge is 2.16. The van der Waals surface area contributed by atoms with Crippen LogP contribution in [0.4, 0.5) is 0 Å². The molecule has 0 aliphatic heterocycles. The Morgan fingerprint density at radius 2 is 2.11 bits per heavy atom. The summed E-state index contributed by atoms with van der Waals surface area (Å²) in [5.74, 6) is 1.51. The van der Waals surface area contributed by atoms with E-state index in [0.29, 0.717) is 5.92 Å². The van der Waals surface area contributed by atoms with E-state index in [1.807, 2.05) is 25.1 Å². The third-order valence-corrected chi connectivity index (χ3v) is 3.58. The molecule has 0 radical (unpaired) electrons. The van der Waals surface area contributed by atoms with Gasteiger partial charge in [0.15, 0.2) is 0 Å². The van der Waals surface area contributed by atoms with E-state index in [1.165, 1.54) is 0 Å². The van der Waals surface area contributed by atoms with E-state index in [4.69, 9.17) is 0 Å². The molecule has 2 aromatic rings. The predicted molar refractivity (Wildman–Crippen MR) is 76.8 cm³/mol. The van der Waals surface area contributed by atoms with Gasteiger partial charge in [-0.1, -0.05) is 32.4 Å². The first-order valence-electron chi connectivity index (χ1n) is 6.82. The Morgan fingerprint density at radius 3 is 2.79 bits per heavy atom. The molecule has 0 aliphatic carbocycles. The van der Waals surface area contributed by atoms with Gasteiger partial charge in [-0.3, -0.25) is 4.79 Å². The lowest BCUT2D eigenvalue weighted by Crippen LogP contribution is -2.21. The van der Waals surface area contributed by atoms with Crippen LogP contribution in [-0.4, -0.2) is 16.0 Å².